The number of hydrogen-bond acceptors (Lipinski definition) is 5. The van der Waals surface area contributed by atoms with Crippen molar-refractivity contribution in [1.29, 1.82) is 0 Å². The third-order valence-corrected chi connectivity index (χ3v) is 5.33. The van der Waals surface area contributed by atoms with Gasteiger partial charge in [0.1, 0.15) is 6.10 Å². The van der Waals surface area contributed by atoms with Gasteiger partial charge in [-0.1, -0.05) is 11.6 Å². The fourth-order valence-corrected chi connectivity index (χ4v) is 4.33. The van der Waals surface area contributed by atoms with E-state index in [4.69, 9.17) is 9.47 Å². The highest BCUT2D eigenvalue weighted by atomic mass is 16.5. The number of phenolic OH excluding ortho intramolecular Hbond substituents is 1. The third kappa shape index (κ3) is 1.82. The first kappa shape index (κ1) is 14.1. The zero-order valence-corrected chi connectivity index (χ0v) is 12.8. The Morgan fingerprint density at radius 3 is 2.82 bits per heavy atom. The zero-order valence-electron chi connectivity index (χ0n) is 12.8. The number of rotatable bonds is 2. The van der Waals surface area contributed by atoms with Crippen LogP contribution in [0.2, 0.25) is 0 Å². The van der Waals surface area contributed by atoms with Crippen molar-refractivity contribution in [2.24, 2.45) is 0 Å². The molecule has 1 fully saturated rings. The van der Waals surface area contributed by atoms with Crippen LogP contribution in [0.25, 0.3) is 0 Å². The lowest BCUT2D eigenvalue weighted by Crippen LogP contribution is -2.50. The molecule has 0 saturated carbocycles. The molecular formula is C17H21NO4. The number of ether oxygens (including phenoxy) is 2. The van der Waals surface area contributed by atoms with Gasteiger partial charge in [-0.15, -0.1) is 0 Å². The average Bonchev–Trinajstić information content (AvgIpc) is 2.92. The highest BCUT2D eigenvalue weighted by molar-refractivity contribution is 5.52. The first-order valence-corrected chi connectivity index (χ1v) is 7.69. The molecule has 22 heavy (non-hydrogen) atoms. The Balaban J connectivity index is 1.86. The lowest BCUT2D eigenvalue weighted by atomic mass is 9.73. The second kappa shape index (κ2) is 4.98. The maximum atomic E-state index is 10.8. The number of nitrogens with zero attached hydrogens (tertiary/aromatic N) is 1. The molecule has 0 amide bonds. The minimum atomic E-state index is -0.605. The smallest absolute Gasteiger partial charge is 0.160 e. The fourth-order valence-electron chi connectivity index (χ4n) is 4.33. The first-order valence-electron chi connectivity index (χ1n) is 7.69. The maximum absolute atomic E-state index is 10.8. The topological polar surface area (TPSA) is 62.2 Å². The predicted octanol–water partition coefficient (Wildman–Crippen LogP) is 1.39. The molecule has 2 N–H and O–H groups in total. The molecule has 4 atom stereocenters. The summed E-state index contributed by atoms with van der Waals surface area (Å²) in [5.74, 6) is 0.554. The Morgan fingerprint density at radius 2 is 2.09 bits per heavy atom. The van der Waals surface area contributed by atoms with Crippen molar-refractivity contribution in [3.63, 3.8) is 0 Å². The number of phenols is 1. The normalized spacial score (nSPS) is 33.1. The summed E-state index contributed by atoms with van der Waals surface area (Å²) < 4.78 is 10.7. The van der Waals surface area contributed by atoms with Crippen molar-refractivity contribution in [3.8, 4) is 11.5 Å². The summed E-state index contributed by atoms with van der Waals surface area (Å²) in [4.78, 5) is 2.41. The molecule has 4 rings (SSSR count). The molecule has 2 aliphatic heterocycles. The Kier molecular flexibility index (Phi) is 3.18. The Hall–Kier alpha value is -1.56. The molecule has 0 bridgehead atoms. The van der Waals surface area contributed by atoms with Gasteiger partial charge in [-0.25, -0.2) is 0 Å². The fraction of sp³-hybridized carbons (Fsp3) is 0.529. The van der Waals surface area contributed by atoms with Gasteiger partial charge in [-0.2, -0.15) is 0 Å². The number of fused-ring (bicyclic) bond motifs is 2. The highest BCUT2D eigenvalue weighted by Gasteiger charge is 2.49. The molecule has 1 aliphatic carbocycles. The van der Waals surface area contributed by atoms with E-state index in [2.05, 4.69) is 11.0 Å². The highest BCUT2D eigenvalue weighted by Crippen LogP contribution is 2.49. The maximum Gasteiger partial charge on any atom is 0.160 e. The van der Waals surface area contributed by atoms with Crippen LogP contribution < -0.4 is 4.74 Å². The van der Waals surface area contributed by atoms with Gasteiger partial charge in [-0.3, -0.25) is 4.90 Å². The van der Waals surface area contributed by atoms with Crippen molar-refractivity contribution >= 4 is 0 Å². The lowest BCUT2D eigenvalue weighted by Gasteiger charge is -2.45. The van der Waals surface area contributed by atoms with E-state index >= 15 is 0 Å². The van der Waals surface area contributed by atoms with Crippen LogP contribution in [0, 0.1) is 0 Å². The van der Waals surface area contributed by atoms with Gasteiger partial charge >= 0.3 is 0 Å². The van der Waals surface area contributed by atoms with Crippen molar-refractivity contribution in [2.45, 2.75) is 37.1 Å². The monoisotopic (exact) mass is 303 g/mol. The molecule has 3 aliphatic rings. The number of benzene rings is 1. The Bertz CT molecular complexity index is 642. The van der Waals surface area contributed by atoms with E-state index in [0.29, 0.717) is 5.75 Å². The summed E-state index contributed by atoms with van der Waals surface area (Å²) >= 11 is 0. The molecule has 4 unspecified atom stereocenters. The lowest BCUT2D eigenvalue weighted by molar-refractivity contribution is -0.0231. The van der Waals surface area contributed by atoms with E-state index in [0.717, 1.165) is 30.6 Å². The number of aliphatic hydroxyl groups excluding tert-OH is 1. The summed E-state index contributed by atoms with van der Waals surface area (Å²) in [6.07, 6.45) is 2.21. The van der Waals surface area contributed by atoms with E-state index in [1.165, 1.54) is 5.57 Å². The van der Waals surface area contributed by atoms with Gasteiger partial charge in [0.15, 0.2) is 11.5 Å². The summed E-state index contributed by atoms with van der Waals surface area (Å²) in [6.45, 7) is 1.83. The van der Waals surface area contributed by atoms with Gasteiger partial charge in [-0.05, 0) is 29.7 Å². The van der Waals surface area contributed by atoms with Crippen molar-refractivity contribution < 1.29 is 19.7 Å². The second-order valence-corrected chi connectivity index (χ2v) is 6.35. The van der Waals surface area contributed by atoms with Crippen LogP contribution in [0.15, 0.2) is 23.8 Å². The second-order valence-electron chi connectivity index (χ2n) is 6.35. The molecule has 2 heterocycles. The van der Waals surface area contributed by atoms with Crippen LogP contribution in [0.5, 0.6) is 11.5 Å². The predicted molar refractivity (Wildman–Crippen MR) is 81.1 cm³/mol. The molecule has 0 spiro atoms. The van der Waals surface area contributed by atoms with Crippen molar-refractivity contribution in [3.05, 3.63) is 34.9 Å². The summed E-state index contributed by atoms with van der Waals surface area (Å²) in [7, 11) is 3.19. The van der Waals surface area contributed by atoms with Crippen LogP contribution in [-0.4, -0.2) is 54.1 Å². The van der Waals surface area contributed by atoms with E-state index < -0.39 is 6.10 Å². The number of methoxy groups -OCH3 is 2. The first-order chi connectivity index (χ1) is 10.6. The van der Waals surface area contributed by atoms with E-state index in [1.807, 2.05) is 6.07 Å². The van der Waals surface area contributed by atoms with Crippen LogP contribution in [0.3, 0.4) is 0 Å². The van der Waals surface area contributed by atoms with Crippen LogP contribution >= 0.6 is 0 Å². The van der Waals surface area contributed by atoms with Crippen molar-refractivity contribution in [1.82, 2.24) is 4.90 Å². The van der Waals surface area contributed by atoms with Crippen LogP contribution in [0.1, 0.15) is 23.5 Å². The molecule has 118 valence electrons. The van der Waals surface area contributed by atoms with Gasteiger partial charge in [0.2, 0.25) is 0 Å². The van der Waals surface area contributed by atoms with Gasteiger partial charge < -0.3 is 19.7 Å². The molecule has 5 nitrogen and oxygen atoms in total. The third-order valence-electron chi connectivity index (χ3n) is 5.33. The van der Waals surface area contributed by atoms with Gasteiger partial charge in [0.05, 0.1) is 13.2 Å². The quantitative estimate of drug-likeness (QED) is 0.809. The van der Waals surface area contributed by atoms with Crippen LogP contribution in [-0.2, 0) is 11.3 Å². The molecule has 5 heteroatoms. The molecule has 1 saturated heterocycles. The van der Waals surface area contributed by atoms with E-state index in [1.54, 1.807) is 20.3 Å². The molecule has 1 aromatic carbocycles. The van der Waals surface area contributed by atoms with Gasteiger partial charge in [0, 0.05) is 32.2 Å². The number of aromatic hydroxyl groups is 1. The summed E-state index contributed by atoms with van der Waals surface area (Å²) in [5, 5.41) is 20.9. The standard InChI is InChI=1S/C17H21NO4/c1-21-13-6-10-8-18-4-3-9-5-14(22-2)17(20)15(16(9)18)11(10)7-12(13)19/h5-7,14-17,19-20H,3-4,8H2,1-2H3. The van der Waals surface area contributed by atoms with Crippen LogP contribution in [0.4, 0.5) is 0 Å². The SMILES string of the molecule is COc1cc2c(cc1O)C1C(O)C(OC)C=C3CCN(C2)C31. The van der Waals surface area contributed by atoms with E-state index in [9.17, 15) is 10.2 Å². The molecule has 1 aromatic rings. The average molecular weight is 303 g/mol. The Morgan fingerprint density at radius 1 is 1.27 bits per heavy atom. The molecule has 0 radical (unpaired) electrons. The zero-order chi connectivity index (χ0) is 15.4. The van der Waals surface area contributed by atoms with E-state index in [-0.39, 0.29) is 23.8 Å². The molecule has 0 aromatic heterocycles. The largest absolute Gasteiger partial charge is 0.504 e. The van der Waals surface area contributed by atoms with Crippen molar-refractivity contribution in [2.75, 3.05) is 20.8 Å². The number of aliphatic hydroxyl groups is 1. The minimum absolute atomic E-state index is 0.0620. The molecular weight excluding hydrogens is 282 g/mol. The number of hydrogen-bond donors (Lipinski definition) is 2. The summed E-state index contributed by atoms with van der Waals surface area (Å²) in [6, 6.07) is 3.88. The minimum Gasteiger partial charge on any atom is -0.504 e. The Labute approximate surface area is 129 Å². The summed E-state index contributed by atoms with van der Waals surface area (Å²) in [5.41, 5.74) is 3.48. The van der Waals surface area contributed by atoms with Gasteiger partial charge in [0.25, 0.3) is 0 Å².